The summed E-state index contributed by atoms with van der Waals surface area (Å²) in [5.74, 6) is 0.494. The second-order valence-corrected chi connectivity index (χ2v) is 6.53. The van der Waals surface area contributed by atoms with Crippen molar-refractivity contribution in [2.75, 3.05) is 5.32 Å². The van der Waals surface area contributed by atoms with Crippen LogP contribution in [-0.4, -0.2) is 11.9 Å². The molecule has 1 amide bonds. The van der Waals surface area contributed by atoms with E-state index in [4.69, 9.17) is 5.73 Å². The quantitative estimate of drug-likeness (QED) is 0.737. The fourth-order valence-electron chi connectivity index (χ4n) is 3.15. The third-order valence-corrected chi connectivity index (χ3v) is 4.64. The van der Waals surface area contributed by atoms with Crippen LogP contribution in [0.1, 0.15) is 23.5 Å². The molecule has 1 saturated carbocycles. The van der Waals surface area contributed by atoms with Gasteiger partial charge in [0.1, 0.15) is 0 Å². The normalized spacial score (nSPS) is 18.4. The molecule has 4 rings (SSSR count). The lowest BCUT2D eigenvalue weighted by atomic mass is 10.0. The molecule has 4 heteroatoms. The van der Waals surface area contributed by atoms with Crippen molar-refractivity contribution in [2.24, 2.45) is 5.73 Å². The van der Waals surface area contributed by atoms with Gasteiger partial charge in [-0.1, -0.05) is 54.6 Å². The number of amides is 1. The predicted octanol–water partition coefficient (Wildman–Crippen LogP) is 4.26. The van der Waals surface area contributed by atoms with Crippen LogP contribution in [0.3, 0.4) is 0 Å². The zero-order valence-electron chi connectivity index (χ0n) is 13.8. The van der Waals surface area contributed by atoms with Crippen LogP contribution in [0.4, 0.5) is 5.69 Å². The van der Waals surface area contributed by atoms with E-state index < -0.39 is 0 Å². The first-order valence-corrected chi connectivity index (χ1v) is 8.32. The Bertz CT molecular complexity index is 892. The zero-order valence-corrected chi connectivity index (χ0v) is 14.6. The molecule has 3 nitrogen and oxygen atoms in total. The van der Waals surface area contributed by atoms with Gasteiger partial charge in [0.2, 0.25) is 5.91 Å². The molecule has 128 valence electrons. The number of hydrogen-bond acceptors (Lipinski definition) is 2. The first-order chi connectivity index (χ1) is 11.7. The van der Waals surface area contributed by atoms with Crippen molar-refractivity contribution in [3.8, 4) is 0 Å². The van der Waals surface area contributed by atoms with Crippen LogP contribution in [0.15, 0.2) is 66.7 Å². The number of hydrogen-bond donors (Lipinski definition) is 2. The summed E-state index contributed by atoms with van der Waals surface area (Å²) in [5, 5.41) is 5.32. The van der Waals surface area contributed by atoms with Crippen LogP contribution < -0.4 is 11.1 Å². The smallest absolute Gasteiger partial charge is 0.228 e. The van der Waals surface area contributed by atoms with E-state index in [1.807, 2.05) is 30.3 Å². The Morgan fingerprint density at radius 2 is 1.68 bits per heavy atom. The van der Waals surface area contributed by atoms with Gasteiger partial charge in [0.25, 0.3) is 0 Å². The lowest BCUT2D eigenvalue weighted by molar-refractivity contribution is -0.115. The van der Waals surface area contributed by atoms with Gasteiger partial charge in [0, 0.05) is 17.6 Å². The molecule has 1 aliphatic rings. The number of carbonyl (C=O) groups excluding carboxylic acids is 1. The van der Waals surface area contributed by atoms with Crippen LogP contribution in [0, 0.1) is 0 Å². The lowest BCUT2D eigenvalue weighted by Crippen LogP contribution is -2.14. The van der Waals surface area contributed by atoms with E-state index in [1.165, 1.54) is 10.9 Å². The van der Waals surface area contributed by atoms with E-state index in [1.54, 1.807) is 0 Å². The van der Waals surface area contributed by atoms with Crippen molar-refractivity contribution in [3.05, 3.63) is 77.9 Å². The van der Waals surface area contributed by atoms with Gasteiger partial charge in [-0.25, -0.2) is 0 Å². The van der Waals surface area contributed by atoms with Crippen LogP contribution in [0.25, 0.3) is 10.8 Å². The molecule has 0 aromatic heterocycles. The van der Waals surface area contributed by atoms with E-state index in [0.29, 0.717) is 18.4 Å². The van der Waals surface area contributed by atoms with E-state index in [-0.39, 0.29) is 18.3 Å². The Balaban J connectivity index is 0.00000182. The van der Waals surface area contributed by atoms with E-state index in [0.717, 1.165) is 23.1 Å². The van der Waals surface area contributed by atoms with Gasteiger partial charge in [-0.2, -0.15) is 0 Å². The molecule has 3 N–H and O–H groups in total. The Kier molecular flexibility index (Phi) is 5.07. The summed E-state index contributed by atoms with van der Waals surface area (Å²) in [6.07, 6.45) is 1.44. The molecule has 0 heterocycles. The standard InChI is InChI=1S/C21H20N2O.ClH/c22-20-13-19(20)16-7-9-18(10-8-16)23-21(24)12-14-5-6-15-3-1-2-4-17(15)11-14;/h1-11,19-20H,12-13,22H2,(H,23,24);1H/t19-,20+;/m0./s1. The zero-order chi connectivity index (χ0) is 16.5. The molecule has 0 aliphatic heterocycles. The molecule has 25 heavy (non-hydrogen) atoms. The van der Waals surface area contributed by atoms with Gasteiger partial charge in [-0.05, 0) is 40.5 Å². The number of fused-ring (bicyclic) bond motifs is 1. The largest absolute Gasteiger partial charge is 0.327 e. The van der Waals surface area contributed by atoms with Gasteiger partial charge in [0.15, 0.2) is 0 Å². The summed E-state index contributed by atoms with van der Waals surface area (Å²) in [7, 11) is 0. The molecule has 3 aromatic rings. The van der Waals surface area contributed by atoms with Gasteiger partial charge >= 0.3 is 0 Å². The highest BCUT2D eigenvalue weighted by Crippen LogP contribution is 2.39. The maximum atomic E-state index is 12.3. The number of rotatable bonds is 4. The summed E-state index contributed by atoms with van der Waals surface area (Å²) in [6.45, 7) is 0. The number of benzene rings is 3. The fraction of sp³-hybridized carbons (Fsp3) is 0.190. The Morgan fingerprint density at radius 3 is 2.36 bits per heavy atom. The van der Waals surface area contributed by atoms with Crippen molar-refractivity contribution in [2.45, 2.75) is 24.8 Å². The molecule has 0 saturated heterocycles. The minimum absolute atomic E-state index is 0. The van der Waals surface area contributed by atoms with Crippen molar-refractivity contribution < 1.29 is 4.79 Å². The fourth-order valence-corrected chi connectivity index (χ4v) is 3.15. The van der Waals surface area contributed by atoms with Crippen molar-refractivity contribution >= 4 is 34.8 Å². The van der Waals surface area contributed by atoms with E-state index in [9.17, 15) is 4.79 Å². The highest BCUT2D eigenvalue weighted by atomic mass is 35.5. The third kappa shape index (κ3) is 4.01. The molecule has 2 atom stereocenters. The second kappa shape index (κ2) is 7.26. The molecule has 0 spiro atoms. The van der Waals surface area contributed by atoms with Crippen LogP contribution >= 0.6 is 12.4 Å². The Morgan fingerprint density at radius 1 is 1.00 bits per heavy atom. The maximum Gasteiger partial charge on any atom is 0.228 e. The average Bonchev–Trinajstić information content (AvgIpc) is 3.32. The first kappa shape index (κ1) is 17.5. The Labute approximate surface area is 153 Å². The molecular weight excluding hydrogens is 332 g/mol. The van der Waals surface area contributed by atoms with E-state index >= 15 is 0 Å². The monoisotopic (exact) mass is 352 g/mol. The van der Waals surface area contributed by atoms with Crippen LogP contribution in [-0.2, 0) is 11.2 Å². The number of anilines is 1. The molecule has 1 fully saturated rings. The van der Waals surface area contributed by atoms with E-state index in [2.05, 4.69) is 41.7 Å². The summed E-state index contributed by atoms with van der Waals surface area (Å²) < 4.78 is 0. The van der Waals surface area contributed by atoms with Crippen molar-refractivity contribution in [1.82, 2.24) is 0 Å². The van der Waals surface area contributed by atoms with Crippen molar-refractivity contribution in [1.29, 1.82) is 0 Å². The number of halogens is 1. The molecule has 3 aromatic carbocycles. The topological polar surface area (TPSA) is 55.1 Å². The summed E-state index contributed by atoms with van der Waals surface area (Å²) in [4.78, 5) is 12.3. The minimum Gasteiger partial charge on any atom is -0.327 e. The summed E-state index contributed by atoms with van der Waals surface area (Å²) in [5.41, 5.74) is 8.98. The Hall–Kier alpha value is -2.36. The molecule has 0 radical (unpaired) electrons. The van der Waals surface area contributed by atoms with Gasteiger partial charge in [0.05, 0.1) is 6.42 Å². The molecular formula is C21H21ClN2O. The highest BCUT2D eigenvalue weighted by Gasteiger charge is 2.34. The molecule has 1 aliphatic carbocycles. The van der Waals surface area contributed by atoms with Crippen molar-refractivity contribution in [3.63, 3.8) is 0 Å². The van der Waals surface area contributed by atoms with Gasteiger partial charge in [-0.15, -0.1) is 12.4 Å². The van der Waals surface area contributed by atoms with Crippen LogP contribution in [0.5, 0.6) is 0 Å². The maximum absolute atomic E-state index is 12.3. The third-order valence-electron chi connectivity index (χ3n) is 4.64. The van der Waals surface area contributed by atoms with Crippen LogP contribution in [0.2, 0.25) is 0 Å². The number of nitrogens with one attached hydrogen (secondary N) is 1. The summed E-state index contributed by atoms with van der Waals surface area (Å²) in [6, 6.07) is 22.7. The molecule has 0 bridgehead atoms. The first-order valence-electron chi connectivity index (χ1n) is 8.32. The SMILES string of the molecule is Cl.N[C@@H]1C[C@H]1c1ccc(NC(=O)Cc2ccc3ccccc3c2)cc1. The number of nitrogens with two attached hydrogens (primary N) is 1. The van der Waals surface area contributed by atoms with Gasteiger partial charge < -0.3 is 11.1 Å². The summed E-state index contributed by atoms with van der Waals surface area (Å²) >= 11 is 0. The molecule has 0 unspecified atom stereocenters. The van der Waals surface area contributed by atoms with Gasteiger partial charge in [-0.3, -0.25) is 4.79 Å². The predicted molar refractivity (Wildman–Crippen MR) is 105 cm³/mol. The lowest BCUT2D eigenvalue weighted by Gasteiger charge is -2.07. The second-order valence-electron chi connectivity index (χ2n) is 6.53. The average molecular weight is 353 g/mol. The number of carbonyl (C=O) groups is 1. The highest BCUT2D eigenvalue weighted by molar-refractivity contribution is 5.93. The minimum atomic E-state index is 0.